The molecule has 0 saturated heterocycles. The lowest BCUT2D eigenvalue weighted by molar-refractivity contribution is -0.136. The maximum atomic E-state index is 12.2. The van der Waals surface area contributed by atoms with Gasteiger partial charge in [0.15, 0.2) is 0 Å². The van der Waals surface area contributed by atoms with Crippen LogP contribution in [0.2, 0.25) is 0 Å². The molecule has 0 radical (unpaired) electrons. The molecule has 2 bridgehead atoms. The molecule has 0 spiro atoms. The molecule has 3 fully saturated rings. The van der Waals surface area contributed by atoms with Crippen LogP contribution in [0.1, 0.15) is 58.9 Å². The van der Waals surface area contributed by atoms with Crippen molar-refractivity contribution in [2.75, 3.05) is 6.61 Å². The van der Waals surface area contributed by atoms with Gasteiger partial charge < -0.3 is 4.74 Å². The van der Waals surface area contributed by atoms with Gasteiger partial charge in [0, 0.05) is 12.0 Å². The summed E-state index contributed by atoms with van der Waals surface area (Å²) in [5, 5.41) is 0. The van der Waals surface area contributed by atoms with E-state index in [0.717, 1.165) is 24.0 Å². The smallest absolute Gasteiger partial charge is 0.139 e. The van der Waals surface area contributed by atoms with E-state index in [1.165, 1.54) is 19.3 Å². The molecule has 1 aromatic carbocycles. The van der Waals surface area contributed by atoms with Crippen LogP contribution in [0.3, 0.4) is 0 Å². The Morgan fingerprint density at radius 3 is 2.62 bits per heavy atom. The zero-order valence-corrected chi connectivity index (χ0v) is 16.6. The van der Waals surface area contributed by atoms with Crippen molar-refractivity contribution >= 4 is 5.78 Å². The van der Waals surface area contributed by atoms with Gasteiger partial charge in [-0.15, -0.1) is 0 Å². The van der Waals surface area contributed by atoms with Crippen molar-refractivity contribution in [3.05, 3.63) is 35.9 Å². The Morgan fingerprint density at radius 2 is 2.00 bits per heavy atom. The van der Waals surface area contributed by atoms with Crippen LogP contribution in [0.15, 0.2) is 30.3 Å². The predicted octanol–water partition coefficient (Wildman–Crippen LogP) is 5.11. The van der Waals surface area contributed by atoms with Crippen LogP contribution in [-0.4, -0.2) is 18.5 Å². The summed E-state index contributed by atoms with van der Waals surface area (Å²) in [4.78, 5) is 12.2. The lowest BCUT2D eigenvalue weighted by Gasteiger charge is -2.60. The third kappa shape index (κ3) is 3.89. The number of rotatable bonds is 6. The van der Waals surface area contributed by atoms with E-state index in [4.69, 9.17) is 4.74 Å². The minimum Gasteiger partial charge on any atom is -0.364 e. The van der Waals surface area contributed by atoms with Crippen LogP contribution in [0.4, 0.5) is 0 Å². The molecule has 0 unspecified atom stereocenters. The Kier molecular flexibility index (Phi) is 5.88. The zero-order chi connectivity index (χ0) is 18.7. The average molecular weight is 353 g/mol. The zero-order valence-electron chi connectivity index (χ0n) is 16.6. The van der Waals surface area contributed by atoms with Gasteiger partial charge in [-0.05, 0) is 54.6 Å². The molecule has 3 aliphatic carbocycles. The quantitative estimate of drug-likeness (QED) is 0.665. The molecule has 0 heterocycles. The first-order chi connectivity index (χ1) is 12.4. The van der Waals surface area contributed by atoms with E-state index in [9.17, 15) is 4.79 Å². The number of ether oxygens (including phenoxy) is 1. The van der Waals surface area contributed by atoms with Gasteiger partial charge >= 0.3 is 0 Å². The molecule has 140 valence electrons. The standard InChI is InChI=1S/C24H32O2/c1-5-22(25)17(2)23(14-11-18-9-7-6-8-10-18)26-16-19-12-13-20-15-21(19)24(20,3)4/h6-10,17,19-21,23H,5,12-13,15-16H2,1-4H3/t17-,19+,20-,21-,23-/m0/s1. The lowest BCUT2D eigenvalue weighted by atomic mass is 9.46. The molecular weight excluding hydrogens is 320 g/mol. The fourth-order valence-corrected chi connectivity index (χ4v) is 4.87. The number of carbonyl (C=O) groups is 1. The van der Waals surface area contributed by atoms with Crippen LogP contribution < -0.4 is 0 Å². The highest BCUT2D eigenvalue weighted by Crippen LogP contribution is 2.61. The van der Waals surface area contributed by atoms with Gasteiger partial charge in [-0.3, -0.25) is 4.79 Å². The Balaban J connectivity index is 1.68. The van der Waals surface area contributed by atoms with E-state index in [1.807, 2.05) is 44.2 Å². The highest BCUT2D eigenvalue weighted by molar-refractivity contribution is 5.81. The van der Waals surface area contributed by atoms with Gasteiger partial charge in [-0.25, -0.2) is 0 Å². The van der Waals surface area contributed by atoms with E-state index >= 15 is 0 Å². The summed E-state index contributed by atoms with van der Waals surface area (Å²) in [6, 6.07) is 9.94. The summed E-state index contributed by atoms with van der Waals surface area (Å²) in [6.45, 7) is 9.43. The number of carbonyl (C=O) groups excluding carboxylic acids is 1. The molecule has 3 saturated carbocycles. The molecule has 2 heteroatoms. The van der Waals surface area contributed by atoms with Gasteiger partial charge in [0.25, 0.3) is 0 Å². The highest BCUT2D eigenvalue weighted by Gasteiger charge is 2.54. The number of fused-ring (bicyclic) bond motifs is 2. The van der Waals surface area contributed by atoms with E-state index < -0.39 is 0 Å². The largest absolute Gasteiger partial charge is 0.364 e. The molecule has 4 rings (SSSR count). The van der Waals surface area contributed by atoms with Gasteiger partial charge in [0.2, 0.25) is 0 Å². The minimum absolute atomic E-state index is 0.179. The van der Waals surface area contributed by atoms with Crippen molar-refractivity contribution in [2.24, 2.45) is 29.1 Å². The number of ketones is 1. The first-order valence-corrected chi connectivity index (χ1v) is 10.1. The second kappa shape index (κ2) is 7.97. The molecule has 3 aliphatic rings. The van der Waals surface area contributed by atoms with Gasteiger partial charge in [0.1, 0.15) is 11.9 Å². The first-order valence-electron chi connectivity index (χ1n) is 10.1. The molecule has 0 N–H and O–H groups in total. The monoisotopic (exact) mass is 352 g/mol. The van der Waals surface area contributed by atoms with Crippen molar-refractivity contribution in [3.8, 4) is 11.8 Å². The Labute approximate surface area is 158 Å². The summed E-state index contributed by atoms with van der Waals surface area (Å²) in [5.41, 5.74) is 1.43. The number of hydrogen-bond donors (Lipinski definition) is 0. The van der Waals surface area contributed by atoms with Crippen LogP contribution in [0, 0.1) is 40.9 Å². The molecule has 5 atom stereocenters. The van der Waals surface area contributed by atoms with E-state index in [-0.39, 0.29) is 17.8 Å². The van der Waals surface area contributed by atoms with E-state index in [2.05, 4.69) is 25.7 Å². The van der Waals surface area contributed by atoms with Crippen LogP contribution in [0.25, 0.3) is 0 Å². The van der Waals surface area contributed by atoms with Gasteiger partial charge in [-0.1, -0.05) is 57.7 Å². The maximum Gasteiger partial charge on any atom is 0.139 e. The van der Waals surface area contributed by atoms with Crippen molar-refractivity contribution < 1.29 is 9.53 Å². The molecule has 0 aromatic heterocycles. The van der Waals surface area contributed by atoms with Crippen molar-refractivity contribution in [2.45, 2.75) is 59.5 Å². The highest BCUT2D eigenvalue weighted by atomic mass is 16.5. The summed E-state index contributed by atoms with van der Waals surface area (Å²) in [5.74, 6) is 8.77. The first kappa shape index (κ1) is 19.2. The van der Waals surface area contributed by atoms with E-state index in [0.29, 0.717) is 17.8 Å². The lowest BCUT2D eigenvalue weighted by Crippen LogP contribution is -2.53. The topological polar surface area (TPSA) is 26.3 Å². The summed E-state index contributed by atoms with van der Waals surface area (Å²) in [7, 11) is 0. The van der Waals surface area contributed by atoms with Crippen LogP contribution >= 0.6 is 0 Å². The summed E-state index contributed by atoms with van der Waals surface area (Å²) < 4.78 is 6.28. The fraction of sp³-hybridized carbons (Fsp3) is 0.625. The van der Waals surface area contributed by atoms with Crippen molar-refractivity contribution in [1.82, 2.24) is 0 Å². The normalized spacial score (nSPS) is 28.2. The van der Waals surface area contributed by atoms with Crippen LogP contribution in [-0.2, 0) is 9.53 Å². The fourth-order valence-electron chi connectivity index (χ4n) is 4.87. The Bertz CT molecular complexity index is 677. The summed E-state index contributed by atoms with van der Waals surface area (Å²) in [6.07, 6.45) is 4.15. The Morgan fingerprint density at radius 1 is 1.27 bits per heavy atom. The number of Topliss-reactive ketones (excluding diaryl/α,β-unsaturated/α-hetero) is 1. The summed E-state index contributed by atoms with van der Waals surface area (Å²) >= 11 is 0. The molecular formula is C24H32O2. The molecule has 1 aromatic rings. The van der Waals surface area contributed by atoms with Crippen LogP contribution in [0.5, 0.6) is 0 Å². The Hall–Kier alpha value is -1.59. The average Bonchev–Trinajstić information content (AvgIpc) is 2.67. The van der Waals surface area contributed by atoms with Crippen molar-refractivity contribution in [1.29, 1.82) is 0 Å². The minimum atomic E-state index is -0.316. The molecule has 0 amide bonds. The predicted molar refractivity (Wildman–Crippen MR) is 106 cm³/mol. The molecule has 2 nitrogen and oxygen atoms in total. The maximum absolute atomic E-state index is 12.2. The van der Waals surface area contributed by atoms with E-state index in [1.54, 1.807) is 0 Å². The van der Waals surface area contributed by atoms with Gasteiger partial charge in [0.05, 0.1) is 12.5 Å². The second-order valence-electron chi connectivity index (χ2n) is 8.70. The third-order valence-electron chi connectivity index (χ3n) is 6.93. The number of hydrogen-bond acceptors (Lipinski definition) is 2. The number of benzene rings is 1. The van der Waals surface area contributed by atoms with Gasteiger partial charge in [-0.2, -0.15) is 0 Å². The second-order valence-corrected chi connectivity index (χ2v) is 8.70. The molecule has 26 heavy (non-hydrogen) atoms. The third-order valence-corrected chi connectivity index (χ3v) is 6.93. The SMILES string of the molecule is CCC(=O)[C@H](C)[C@H](C#Cc1ccccc1)OC[C@H]1CC[C@H]2C[C@@H]1C2(C)C. The van der Waals surface area contributed by atoms with Crippen molar-refractivity contribution in [3.63, 3.8) is 0 Å². The molecule has 0 aliphatic heterocycles.